The summed E-state index contributed by atoms with van der Waals surface area (Å²) in [6.45, 7) is 0. The maximum atomic E-state index is 13.9. The average molecular weight is 223 g/mol. The van der Waals surface area contributed by atoms with Crippen LogP contribution in [-0.4, -0.2) is 4.98 Å². The first-order valence-electron chi connectivity index (χ1n) is 5.43. The lowest BCUT2D eigenvalue weighted by Gasteiger charge is -2.05. The molecule has 82 valence electrons. The summed E-state index contributed by atoms with van der Waals surface area (Å²) < 4.78 is 13.9. The maximum absolute atomic E-state index is 13.9. The second-order valence-corrected chi connectivity index (χ2v) is 3.92. The van der Waals surface area contributed by atoms with Crippen LogP contribution in [-0.2, 0) is 0 Å². The van der Waals surface area contributed by atoms with Gasteiger partial charge in [0.05, 0.1) is 0 Å². The van der Waals surface area contributed by atoms with E-state index in [1.54, 1.807) is 24.5 Å². The van der Waals surface area contributed by atoms with Gasteiger partial charge < -0.3 is 0 Å². The van der Waals surface area contributed by atoms with Gasteiger partial charge in [-0.2, -0.15) is 0 Å². The van der Waals surface area contributed by atoms with Crippen LogP contribution in [0.1, 0.15) is 0 Å². The predicted octanol–water partition coefficient (Wildman–Crippen LogP) is 4.04. The van der Waals surface area contributed by atoms with Crippen LogP contribution in [0.2, 0.25) is 0 Å². The van der Waals surface area contributed by atoms with Crippen LogP contribution in [0.5, 0.6) is 0 Å². The van der Waals surface area contributed by atoms with Gasteiger partial charge in [-0.15, -0.1) is 0 Å². The van der Waals surface area contributed by atoms with Crippen molar-refractivity contribution in [1.82, 2.24) is 4.98 Å². The first-order chi connectivity index (χ1) is 8.34. The summed E-state index contributed by atoms with van der Waals surface area (Å²) in [7, 11) is 0. The third-order valence-corrected chi connectivity index (χ3v) is 2.82. The van der Waals surface area contributed by atoms with Crippen LogP contribution in [0, 0.1) is 5.82 Å². The van der Waals surface area contributed by atoms with Crippen LogP contribution >= 0.6 is 0 Å². The first-order valence-corrected chi connectivity index (χ1v) is 5.43. The monoisotopic (exact) mass is 223 g/mol. The minimum Gasteiger partial charge on any atom is -0.265 e. The Morgan fingerprint density at radius 1 is 0.824 bits per heavy atom. The lowest BCUT2D eigenvalue weighted by molar-refractivity contribution is 0.640. The van der Waals surface area contributed by atoms with E-state index in [2.05, 4.69) is 4.98 Å². The average Bonchev–Trinajstić information content (AvgIpc) is 2.40. The summed E-state index contributed by atoms with van der Waals surface area (Å²) in [5.74, 6) is -0.185. The van der Waals surface area contributed by atoms with E-state index in [4.69, 9.17) is 0 Å². The Morgan fingerprint density at radius 3 is 2.41 bits per heavy atom. The highest BCUT2D eigenvalue weighted by Crippen LogP contribution is 2.26. The maximum Gasteiger partial charge on any atom is 0.131 e. The Morgan fingerprint density at radius 2 is 1.59 bits per heavy atom. The molecule has 0 saturated carbocycles. The van der Waals surface area contributed by atoms with Crippen molar-refractivity contribution in [3.63, 3.8) is 0 Å². The molecule has 0 saturated heterocycles. The first kappa shape index (κ1) is 9.97. The molecular weight excluding hydrogens is 213 g/mol. The lowest BCUT2D eigenvalue weighted by Crippen LogP contribution is -1.84. The van der Waals surface area contributed by atoms with Gasteiger partial charge in [-0.3, -0.25) is 4.98 Å². The van der Waals surface area contributed by atoms with E-state index in [1.807, 2.05) is 36.4 Å². The second kappa shape index (κ2) is 3.98. The predicted molar refractivity (Wildman–Crippen MR) is 67.1 cm³/mol. The number of pyridine rings is 1. The number of fused-ring (bicyclic) bond motifs is 1. The fourth-order valence-corrected chi connectivity index (χ4v) is 1.97. The Kier molecular flexibility index (Phi) is 2.33. The van der Waals surface area contributed by atoms with Gasteiger partial charge in [-0.05, 0) is 40.8 Å². The minimum atomic E-state index is -0.185. The highest BCUT2D eigenvalue weighted by atomic mass is 19.1. The zero-order valence-corrected chi connectivity index (χ0v) is 9.10. The molecule has 0 aliphatic rings. The van der Waals surface area contributed by atoms with Crippen molar-refractivity contribution in [1.29, 1.82) is 0 Å². The van der Waals surface area contributed by atoms with Gasteiger partial charge in [0.15, 0.2) is 0 Å². The fraction of sp³-hybridized carbons (Fsp3) is 0. The van der Waals surface area contributed by atoms with E-state index >= 15 is 0 Å². The number of rotatable bonds is 1. The lowest BCUT2D eigenvalue weighted by atomic mass is 10.0. The topological polar surface area (TPSA) is 12.9 Å². The van der Waals surface area contributed by atoms with Crippen molar-refractivity contribution in [2.75, 3.05) is 0 Å². The third-order valence-electron chi connectivity index (χ3n) is 2.82. The zero-order chi connectivity index (χ0) is 11.7. The molecular formula is C15H10FN. The van der Waals surface area contributed by atoms with Crippen LogP contribution in [0.4, 0.5) is 4.39 Å². The second-order valence-electron chi connectivity index (χ2n) is 3.92. The number of hydrogen-bond donors (Lipinski definition) is 0. The molecule has 0 N–H and O–H groups in total. The van der Waals surface area contributed by atoms with Crippen molar-refractivity contribution >= 4 is 10.8 Å². The summed E-state index contributed by atoms with van der Waals surface area (Å²) in [6.07, 6.45) is 3.42. The Bertz CT molecular complexity index is 662. The molecule has 3 aromatic rings. The summed E-state index contributed by atoms with van der Waals surface area (Å²) >= 11 is 0. The molecule has 0 amide bonds. The molecule has 0 bridgehead atoms. The SMILES string of the molecule is Fc1cc(-c2ccncc2)cc2ccccc12. The quantitative estimate of drug-likeness (QED) is 0.606. The van der Waals surface area contributed by atoms with Crippen molar-refractivity contribution in [3.8, 4) is 11.1 Å². The molecule has 0 radical (unpaired) electrons. The molecule has 0 aliphatic carbocycles. The normalized spacial score (nSPS) is 10.6. The Labute approximate surface area is 98.6 Å². The van der Waals surface area contributed by atoms with Crippen LogP contribution in [0.15, 0.2) is 60.9 Å². The summed E-state index contributed by atoms with van der Waals surface area (Å²) in [5.41, 5.74) is 1.85. The van der Waals surface area contributed by atoms with E-state index in [1.165, 1.54) is 0 Å². The van der Waals surface area contributed by atoms with Crippen LogP contribution in [0.3, 0.4) is 0 Å². The van der Waals surface area contributed by atoms with Gasteiger partial charge in [0.25, 0.3) is 0 Å². The third kappa shape index (κ3) is 1.78. The number of benzene rings is 2. The van der Waals surface area contributed by atoms with E-state index < -0.39 is 0 Å². The molecule has 2 heteroatoms. The zero-order valence-electron chi connectivity index (χ0n) is 9.10. The van der Waals surface area contributed by atoms with E-state index in [-0.39, 0.29) is 5.82 Å². The van der Waals surface area contributed by atoms with Crippen molar-refractivity contribution in [3.05, 3.63) is 66.7 Å². The van der Waals surface area contributed by atoms with Crippen molar-refractivity contribution in [2.24, 2.45) is 0 Å². The molecule has 1 aromatic heterocycles. The van der Waals surface area contributed by atoms with Gasteiger partial charge in [0.2, 0.25) is 0 Å². The highest BCUT2D eigenvalue weighted by Gasteiger charge is 2.04. The van der Waals surface area contributed by atoms with Gasteiger partial charge in [-0.25, -0.2) is 4.39 Å². The van der Waals surface area contributed by atoms with Crippen LogP contribution in [0.25, 0.3) is 21.9 Å². The van der Waals surface area contributed by atoms with Crippen molar-refractivity contribution in [2.45, 2.75) is 0 Å². The molecule has 1 heterocycles. The van der Waals surface area contributed by atoms with E-state index in [0.717, 1.165) is 16.5 Å². The van der Waals surface area contributed by atoms with Crippen LogP contribution < -0.4 is 0 Å². The molecule has 0 fully saturated rings. The highest BCUT2D eigenvalue weighted by molar-refractivity contribution is 5.87. The standard InChI is InChI=1S/C15H10FN/c16-15-10-13(11-5-7-17-8-6-11)9-12-3-1-2-4-14(12)15/h1-10H. The van der Waals surface area contributed by atoms with E-state index in [0.29, 0.717) is 5.39 Å². The van der Waals surface area contributed by atoms with Gasteiger partial charge in [-0.1, -0.05) is 24.3 Å². The largest absolute Gasteiger partial charge is 0.265 e. The van der Waals surface area contributed by atoms with Gasteiger partial charge in [0, 0.05) is 17.8 Å². The smallest absolute Gasteiger partial charge is 0.131 e. The molecule has 1 nitrogen and oxygen atoms in total. The Balaban J connectivity index is 2.26. The summed E-state index contributed by atoms with van der Waals surface area (Å²) in [4.78, 5) is 3.96. The number of hydrogen-bond acceptors (Lipinski definition) is 1. The molecule has 3 rings (SSSR count). The van der Waals surface area contributed by atoms with Gasteiger partial charge >= 0.3 is 0 Å². The number of nitrogens with zero attached hydrogens (tertiary/aromatic N) is 1. The van der Waals surface area contributed by atoms with Gasteiger partial charge in [0.1, 0.15) is 5.82 Å². The molecule has 0 atom stereocenters. The molecule has 2 aromatic carbocycles. The van der Waals surface area contributed by atoms with E-state index in [9.17, 15) is 4.39 Å². The molecule has 17 heavy (non-hydrogen) atoms. The Hall–Kier alpha value is -2.22. The molecule has 0 spiro atoms. The summed E-state index contributed by atoms with van der Waals surface area (Å²) in [6, 6.07) is 14.8. The number of aromatic nitrogens is 1. The summed E-state index contributed by atoms with van der Waals surface area (Å²) in [5, 5.41) is 1.57. The minimum absolute atomic E-state index is 0.185. The molecule has 0 aliphatic heterocycles. The molecule has 0 unspecified atom stereocenters. The fourth-order valence-electron chi connectivity index (χ4n) is 1.97. The number of halogens is 1. The van der Waals surface area contributed by atoms with Crippen molar-refractivity contribution < 1.29 is 4.39 Å².